The van der Waals surface area contributed by atoms with Crippen molar-refractivity contribution in [1.82, 2.24) is 15.0 Å². The van der Waals surface area contributed by atoms with Crippen LogP contribution in [0.2, 0.25) is 0 Å². The second-order valence-corrected chi connectivity index (χ2v) is 1.66. The summed E-state index contributed by atoms with van der Waals surface area (Å²) in [6.07, 6.45) is 4.16. The van der Waals surface area contributed by atoms with Crippen LogP contribution in [-0.4, -0.2) is 9.97 Å². The first kappa shape index (κ1) is 11.4. The van der Waals surface area contributed by atoms with Crippen molar-refractivity contribution in [3.8, 4) is 0 Å². The average molecular weight is 390 g/mol. The van der Waals surface area contributed by atoms with E-state index in [2.05, 4.69) is 21.1 Å². The van der Waals surface area contributed by atoms with Gasteiger partial charge in [0.1, 0.15) is 0 Å². The van der Waals surface area contributed by atoms with Gasteiger partial charge in [0.25, 0.3) is 0 Å². The first-order chi connectivity index (χ1) is 4.47. The summed E-state index contributed by atoms with van der Waals surface area (Å²) in [6, 6.07) is 3.55. The molecule has 11 heavy (non-hydrogen) atoms. The fourth-order valence-corrected chi connectivity index (χ4v) is 0.688. The van der Waals surface area contributed by atoms with Gasteiger partial charge in [-0.15, -0.1) is 5.52 Å². The minimum atomic E-state index is 0. The van der Waals surface area contributed by atoms with Gasteiger partial charge in [-0.05, 0) is 6.33 Å². The van der Waals surface area contributed by atoms with Crippen LogP contribution in [0.1, 0.15) is 0 Å². The van der Waals surface area contributed by atoms with Crippen molar-refractivity contribution >= 4 is 11.2 Å². The van der Waals surface area contributed by atoms with Crippen LogP contribution >= 0.6 is 0 Å². The summed E-state index contributed by atoms with van der Waals surface area (Å²) in [4.78, 5) is 11.6. The van der Waals surface area contributed by atoms with Gasteiger partial charge in [-0.2, -0.15) is 18.3 Å². The van der Waals surface area contributed by atoms with Crippen LogP contribution < -0.4 is 4.98 Å². The number of fused-ring (bicyclic) bond motifs is 1. The second-order valence-electron chi connectivity index (χ2n) is 1.66. The summed E-state index contributed by atoms with van der Waals surface area (Å²) in [6.45, 7) is 0. The molecule has 0 aliphatic heterocycles. The number of imidazole rings is 1. The molecule has 1 radical (unpaired) electrons. The smallest absolute Gasteiger partial charge is 0 e. The van der Waals surface area contributed by atoms with Crippen molar-refractivity contribution in [3.05, 3.63) is 24.7 Å². The van der Waals surface area contributed by atoms with Crippen LogP contribution in [0, 0.1) is 6.20 Å². The van der Waals surface area contributed by atoms with Crippen molar-refractivity contribution in [2.45, 2.75) is 0 Å². The quantitative estimate of drug-likeness (QED) is 0.612. The maximum absolute atomic E-state index is 3.93. The molecule has 0 unspecified atom stereocenters. The van der Waals surface area contributed by atoms with Gasteiger partial charge in [0, 0.05) is 53.8 Å². The molecule has 2 aromatic rings. The van der Waals surface area contributed by atoms with Gasteiger partial charge >= 0.3 is 0 Å². The SMILES string of the molecule is [W].[Y].[c-]1ccc2nc[n-]c2n1. The van der Waals surface area contributed by atoms with Gasteiger partial charge in [-0.1, -0.05) is 5.65 Å². The topological polar surface area (TPSA) is 39.9 Å². The molecule has 0 spiro atoms. The largest absolute Gasteiger partial charge is 0.502 e. The Morgan fingerprint density at radius 1 is 1.45 bits per heavy atom. The molecule has 0 atom stereocenters. The zero-order valence-corrected chi connectivity index (χ0v) is 11.3. The summed E-state index contributed by atoms with van der Waals surface area (Å²) in [5.74, 6) is 0. The molecule has 2 rings (SSSR count). The zero-order chi connectivity index (χ0) is 6.10. The number of aromatic nitrogens is 3. The molecule has 53 valence electrons. The Bertz CT molecular complexity index is 292. The summed E-state index contributed by atoms with van der Waals surface area (Å²) in [5, 5.41) is 0. The van der Waals surface area contributed by atoms with Crippen LogP contribution in [-0.2, 0) is 53.8 Å². The first-order valence-electron chi connectivity index (χ1n) is 2.57. The number of nitrogens with zero attached hydrogens (tertiary/aromatic N) is 3. The Morgan fingerprint density at radius 2 is 2.27 bits per heavy atom. The third-order valence-corrected chi connectivity index (χ3v) is 1.09. The van der Waals surface area contributed by atoms with E-state index in [-0.39, 0.29) is 53.8 Å². The molecule has 0 aliphatic rings. The average Bonchev–Trinajstić information content (AvgIpc) is 2.33. The second kappa shape index (κ2) is 5.13. The van der Waals surface area contributed by atoms with Crippen LogP contribution in [0.25, 0.3) is 11.2 Å². The first-order valence-corrected chi connectivity index (χ1v) is 2.57. The van der Waals surface area contributed by atoms with Crippen LogP contribution in [0.3, 0.4) is 0 Å². The van der Waals surface area contributed by atoms with Gasteiger partial charge < -0.3 is 15.0 Å². The molecule has 0 amide bonds. The molecule has 2 heterocycles. The molecule has 0 bridgehead atoms. The van der Waals surface area contributed by atoms with Gasteiger partial charge in [0.15, 0.2) is 0 Å². The predicted octanol–water partition coefficient (Wildman–Crippen LogP) is 0.382. The fraction of sp³-hybridized carbons (Fsp3) is 0. The molecule has 3 nitrogen and oxygen atoms in total. The van der Waals surface area contributed by atoms with E-state index in [1.807, 2.05) is 6.07 Å². The number of hydrogen-bond acceptors (Lipinski definition) is 2. The summed E-state index contributed by atoms with van der Waals surface area (Å²) in [5.41, 5.74) is 1.49. The molecule has 0 fully saturated rings. The maximum atomic E-state index is 3.93. The summed E-state index contributed by atoms with van der Waals surface area (Å²) >= 11 is 0. The van der Waals surface area contributed by atoms with Crippen molar-refractivity contribution in [3.63, 3.8) is 0 Å². The van der Waals surface area contributed by atoms with E-state index in [9.17, 15) is 0 Å². The third kappa shape index (κ3) is 2.43. The minimum absolute atomic E-state index is 0. The van der Waals surface area contributed by atoms with Crippen LogP contribution in [0.5, 0.6) is 0 Å². The van der Waals surface area contributed by atoms with Crippen molar-refractivity contribution < 1.29 is 53.8 Å². The Labute approximate surface area is 104 Å². The fourth-order valence-electron chi connectivity index (χ4n) is 0.688. The Hall–Kier alpha value is 0.412. The Morgan fingerprint density at radius 3 is 3.00 bits per heavy atom. The molecule has 0 saturated carbocycles. The predicted molar refractivity (Wildman–Crippen MR) is 31.7 cm³/mol. The summed E-state index contributed by atoms with van der Waals surface area (Å²) < 4.78 is 0. The third-order valence-electron chi connectivity index (χ3n) is 1.09. The molecule has 2 aromatic heterocycles. The Kier molecular flexibility index (Phi) is 5.32. The maximum Gasteiger partial charge on any atom is 0 e. The van der Waals surface area contributed by atoms with E-state index in [4.69, 9.17) is 0 Å². The minimum Gasteiger partial charge on any atom is -0.502 e. The van der Waals surface area contributed by atoms with E-state index in [1.165, 1.54) is 6.33 Å². The number of hydrogen-bond donors (Lipinski definition) is 0. The van der Waals surface area contributed by atoms with E-state index >= 15 is 0 Å². The van der Waals surface area contributed by atoms with Gasteiger partial charge in [0.05, 0.1) is 0 Å². The Balaban J connectivity index is 0.000000500. The van der Waals surface area contributed by atoms with E-state index < -0.39 is 0 Å². The van der Waals surface area contributed by atoms with E-state index in [0.717, 1.165) is 5.52 Å². The van der Waals surface area contributed by atoms with Crippen LogP contribution in [0.15, 0.2) is 18.5 Å². The molecule has 0 N–H and O–H groups in total. The number of pyridine rings is 1. The van der Waals surface area contributed by atoms with Crippen molar-refractivity contribution in [1.29, 1.82) is 0 Å². The van der Waals surface area contributed by atoms with Crippen LogP contribution in [0.4, 0.5) is 0 Å². The molecular weight excluding hydrogens is 387 g/mol. The van der Waals surface area contributed by atoms with Gasteiger partial charge in [-0.25, -0.2) is 0 Å². The molecular formula is C6H3N3WY-2. The van der Waals surface area contributed by atoms with Gasteiger partial charge in [-0.3, -0.25) is 0 Å². The molecule has 0 aliphatic carbocycles. The monoisotopic (exact) mass is 390 g/mol. The standard InChI is InChI=1S/C6H3N3.W.Y/c1-2-5-6(7-3-1)9-4-8-5;;/h1-2,4H;;/q-2;;. The van der Waals surface area contributed by atoms with Gasteiger partial charge in [0.2, 0.25) is 0 Å². The van der Waals surface area contributed by atoms with E-state index in [1.54, 1.807) is 6.07 Å². The summed E-state index contributed by atoms with van der Waals surface area (Å²) in [7, 11) is 0. The van der Waals surface area contributed by atoms with Crippen molar-refractivity contribution in [2.24, 2.45) is 0 Å². The normalized spacial score (nSPS) is 8.36. The van der Waals surface area contributed by atoms with E-state index in [0.29, 0.717) is 5.65 Å². The molecule has 0 aromatic carbocycles. The van der Waals surface area contributed by atoms with Crippen molar-refractivity contribution in [2.75, 3.05) is 0 Å². The zero-order valence-electron chi connectivity index (χ0n) is 5.56. The number of rotatable bonds is 0. The molecule has 0 saturated heterocycles. The molecule has 5 heteroatoms.